The zero-order valence-corrected chi connectivity index (χ0v) is 38.2. The standard InChI is InChI=1S/C43H65N13O11/c1-23(2)16-28(52-36(60)27(44)12-8-14-48-43(45)46)39(63)55-35(24(3)4)40(64)53-30(18-26-20-47-22-50-26)37(61)49-21-33(57)51-29(17-25-10-6-5-7-11-25)38(62)54-31(19-34(58)59)41(65)56-15-9-13-32(56)42(66)67/h5-7,10-11,20,22-24,27-32,35H,8-9,12-19,21,44H2,1-4H3,(H,47,50)(H,49,61)(H,51,57)(H,52,60)(H,53,64)(H,54,62)(H,55,63)(H,58,59)(H,66,67)(H4,45,46,48)/t27-,28-,29-,30-,31-,32-,35-/m0/s1. The molecule has 368 valence electrons. The van der Waals surface area contributed by atoms with Gasteiger partial charge < -0.3 is 69.2 Å². The van der Waals surface area contributed by atoms with Crippen molar-refractivity contribution in [2.75, 3.05) is 19.6 Å². The number of guanidine groups is 1. The highest BCUT2D eigenvalue weighted by molar-refractivity contribution is 5.97. The van der Waals surface area contributed by atoms with Crippen LogP contribution in [0.4, 0.5) is 0 Å². The van der Waals surface area contributed by atoms with Crippen molar-refractivity contribution in [3.8, 4) is 0 Å². The average molecular weight is 940 g/mol. The molecule has 1 saturated heterocycles. The van der Waals surface area contributed by atoms with Gasteiger partial charge in [0.2, 0.25) is 41.4 Å². The van der Waals surface area contributed by atoms with Gasteiger partial charge in [0.05, 0.1) is 25.3 Å². The molecule has 1 aromatic heterocycles. The van der Waals surface area contributed by atoms with E-state index in [9.17, 15) is 53.4 Å². The monoisotopic (exact) mass is 939 g/mol. The SMILES string of the molecule is CC(C)C[C@H](NC(=O)[C@@H](N)CCCN=C(N)N)C(=O)N[C@H](C(=O)N[C@@H](Cc1cnc[nH]1)C(=O)NCC(=O)N[C@@H](Cc1ccccc1)C(=O)N[C@@H](CC(=O)O)C(=O)N1CCC[C@H]1C(=O)O)C(C)C. The predicted octanol–water partition coefficient (Wildman–Crippen LogP) is -2.63. The second kappa shape index (κ2) is 26.8. The first-order valence-electron chi connectivity index (χ1n) is 22.0. The molecule has 0 unspecified atom stereocenters. The number of aromatic amines is 1. The number of aliphatic carboxylic acids is 2. The maximum atomic E-state index is 13.9. The minimum Gasteiger partial charge on any atom is -0.481 e. The van der Waals surface area contributed by atoms with Crippen molar-refractivity contribution >= 4 is 59.2 Å². The van der Waals surface area contributed by atoms with E-state index in [4.69, 9.17) is 17.2 Å². The molecule has 1 aliphatic rings. The molecule has 0 spiro atoms. The molecule has 0 saturated carbocycles. The molecule has 1 aliphatic heterocycles. The van der Waals surface area contributed by atoms with Gasteiger partial charge in [-0.15, -0.1) is 0 Å². The maximum absolute atomic E-state index is 13.9. The summed E-state index contributed by atoms with van der Waals surface area (Å²) in [5, 5.41) is 34.6. The number of aromatic nitrogens is 2. The van der Waals surface area contributed by atoms with Crippen molar-refractivity contribution in [3.63, 3.8) is 0 Å². The zero-order valence-electron chi connectivity index (χ0n) is 38.2. The molecule has 7 atom stereocenters. The average Bonchev–Trinajstić information content (AvgIpc) is 3.98. The number of carboxylic acids is 2. The van der Waals surface area contributed by atoms with Crippen molar-refractivity contribution in [1.29, 1.82) is 0 Å². The summed E-state index contributed by atoms with van der Waals surface area (Å²) in [6.45, 7) is 6.62. The summed E-state index contributed by atoms with van der Waals surface area (Å²) in [6.07, 6.45) is 3.00. The van der Waals surface area contributed by atoms with Gasteiger partial charge in [-0.2, -0.15) is 0 Å². The van der Waals surface area contributed by atoms with E-state index in [0.717, 1.165) is 4.90 Å². The second-order valence-electron chi connectivity index (χ2n) is 17.0. The second-order valence-corrected chi connectivity index (χ2v) is 17.0. The van der Waals surface area contributed by atoms with Crippen LogP contribution < -0.4 is 49.1 Å². The third-order valence-electron chi connectivity index (χ3n) is 10.7. The molecular formula is C43H65N13O11. The molecule has 0 bridgehead atoms. The minimum atomic E-state index is -1.66. The van der Waals surface area contributed by atoms with Gasteiger partial charge in [-0.1, -0.05) is 58.0 Å². The van der Waals surface area contributed by atoms with E-state index >= 15 is 0 Å². The Morgan fingerprint density at radius 1 is 0.821 bits per heavy atom. The van der Waals surface area contributed by atoms with E-state index in [1.54, 1.807) is 44.2 Å². The van der Waals surface area contributed by atoms with Gasteiger partial charge in [0.25, 0.3) is 0 Å². The summed E-state index contributed by atoms with van der Waals surface area (Å²) < 4.78 is 0. The Balaban J connectivity index is 1.75. The number of hydrogen-bond acceptors (Lipinski definition) is 12. The Morgan fingerprint density at radius 2 is 1.46 bits per heavy atom. The van der Waals surface area contributed by atoms with Gasteiger partial charge >= 0.3 is 11.9 Å². The smallest absolute Gasteiger partial charge is 0.326 e. The number of hydrogen-bond donors (Lipinski definition) is 12. The topological polar surface area (TPSA) is 389 Å². The van der Waals surface area contributed by atoms with E-state index < -0.39 is 114 Å². The quantitative estimate of drug-likeness (QED) is 0.0248. The zero-order chi connectivity index (χ0) is 49.8. The minimum absolute atomic E-state index is 0.0410. The largest absolute Gasteiger partial charge is 0.481 e. The number of H-pyrrole nitrogens is 1. The van der Waals surface area contributed by atoms with Gasteiger partial charge in [-0.05, 0) is 49.5 Å². The van der Waals surface area contributed by atoms with Crippen molar-refractivity contribution in [3.05, 3.63) is 54.1 Å². The number of amides is 7. The molecule has 1 fully saturated rings. The summed E-state index contributed by atoms with van der Waals surface area (Å²) in [7, 11) is 0. The number of nitrogens with one attached hydrogen (secondary N) is 7. The molecule has 3 rings (SSSR count). The number of carbonyl (C=O) groups excluding carboxylic acids is 7. The van der Waals surface area contributed by atoms with E-state index in [-0.39, 0.29) is 57.1 Å². The molecule has 67 heavy (non-hydrogen) atoms. The maximum Gasteiger partial charge on any atom is 0.326 e. The Kier molecular flexibility index (Phi) is 21.7. The van der Waals surface area contributed by atoms with Crippen molar-refractivity contribution in [1.82, 2.24) is 46.8 Å². The molecule has 1 aromatic carbocycles. The number of nitrogens with two attached hydrogens (primary N) is 3. The van der Waals surface area contributed by atoms with Crippen LogP contribution in [0.5, 0.6) is 0 Å². The third kappa shape index (κ3) is 18.4. The lowest BCUT2D eigenvalue weighted by molar-refractivity contribution is -0.150. The van der Waals surface area contributed by atoms with E-state index in [1.807, 2.05) is 13.8 Å². The summed E-state index contributed by atoms with van der Waals surface area (Å²) in [6, 6.07) is -0.426. The van der Waals surface area contributed by atoms with Crippen molar-refractivity contribution < 1.29 is 53.4 Å². The highest BCUT2D eigenvalue weighted by Crippen LogP contribution is 2.20. The lowest BCUT2D eigenvalue weighted by Crippen LogP contribution is -2.60. The van der Waals surface area contributed by atoms with Crippen LogP contribution in [0.1, 0.15) is 77.5 Å². The predicted molar refractivity (Wildman–Crippen MR) is 242 cm³/mol. The summed E-state index contributed by atoms with van der Waals surface area (Å²) >= 11 is 0. The first-order chi connectivity index (χ1) is 31.7. The van der Waals surface area contributed by atoms with Crippen LogP contribution in [0.3, 0.4) is 0 Å². The van der Waals surface area contributed by atoms with Crippen molar-refractivity contribution in [2.24, 2.45) is 34.0 Å². The molecule has 2 heterocycles. The van der Waals surface area contributed by atoms with Gasteiger partial charge in [0.1, 0.15) is 36.3 Å². The van der Waals surface area contributed by atoms with E-state index in [0.29, 0.717) is 24.1 Å². The van der Waals surface area contributed by atoms with E-state index in [1.165, 1.54) is 12.5 Å². The van der Waals surface area contributed by atoms with Gasteiger partial charge in [0.15, 0.2) is 5.96 Å². The number of rotatable bonds is 27. The number of carboxylic acid groups (broad SMARTS) is 2. The molecule has 24 nitrogen and oxygen atoms in total. The van der Waals surface area contributed by atoms with Crippen LogP contribution in [0.2, 0.25) is 0 Å². The number of nitrogens with zero attached hydrogens (tertiary/aromatic N) is 3. The highest BCUT2D eigenvalue weighted by Gasteiger charge is 2.39. The van der Waals surface area contributed by atoms with Crippen LogP contribution in [0.15, 0.2) is 47.8 Å². The number of benzene rings is 1. The molecular weight excluding hydrogens is 875 g/mol. The molecule has 0 aliphatic carbocycles. The molecule has 2 aromatic rings. The Hall–Kier alpha value is -7.11. The highest BCUT2D eigenvalue weighted by atomic mass is 16.4. The van der Waals surface area contributed by atoms with Crippen LogP contribution in [-0.4, -0.2) is 146 Å². The van der Waals surface area contributed by atoms with Crippen molar-refractivity contribution in [2.45, 2.75) is 121 Å². The molecule has 24 heteroatoms. The fourth-order valence-corrected chi connectivity index (χ4v) is 7.24. The number of carbonyl (C=O) groups is 9. The first kappa shape index (κ1) is 54.2. The number of imidazole rings is 1. The molecule has 7 amide bonds. The first-order valence-corrected chi connectivity index (χ1v) is 22.0. The normalized spacial score (nSPS) is 16.0. The van der Waals surface area contributed by atoms with Gasteiger partial charge in [-0.25, -0.2) is 9.78 Å². The molecule has 0 radical (unpaired) electrons. The lowest BCUT2D eigenvalue weighted by Gasteiger charge is -2.28. The summed E-state index contributed by atoms with van der Waals surface area (Å²) in [4.78, 5) is 130. The number of aliphatic imine (C=N–C) groups is 1. The third-order valence-corrected chi connectivity index (χ3v) is 10.7. The van der Waals surface area contributed by atoms with Crippen LogP contribution in [0, 0.1) is 11.8 Å². The fraction of sp³-hybridized carbons (Fsp3) is 0.558. The van der Waals surface area contributed by atoms with Crippen LogP contribution >= 0.6 is 0 Å². The van der Waals surface area contributed by atoms with Gasteiger partial charge in [0, 0.05) is 37.8 Å². The Morgan fingerprint density at radius 3 is 2.06 bits per heavy atom. The Bertz CT molecular complexity index is 2050. The van der Waals surface area contributed by atoms with E-state index in [2.05, 4.69) is 46.9 Å². The number of likely N-dealkylation sites (tertiary alicyclic amines) is 1. The van der Waals surface area contributed by atoms with Gasteiger partial charge in [-0.3, -0.25) is 43.3 Å². The van der Waals surface area contributed by atoms with Crippen LogP contribution in [-0.2, 0) is 56.0 Å². The molecule has 15 N–H and O–H groups in total. The van der Waals surface area contributed by atoms with Crippen LogP contribution in [0.25, 0.3) is 0 Å². The summed E-state index contributed by atoms with van der Waals surface area (Å²) in [5.41, 5.74) is 17.8. The summed E-state index contributed by atoms with van der Waals surface area (Å²) in [5.74, 6) is -8.96. The lowest BCUT2D eigenvalue weighted by atomic mass is 9.99. The fourth-order valence-electron chi connectivity index (χ4n) is 7.24. The Labute approximate surface area is 387 Å².